The monoisotopic (exact) mass is 449 g/mol. The third kappa shape index (κ3) is 5.70. The number of ether oxygens (including phenoxy) is 1. The number of hydrogen-bond donors (Lipinski definition) is 2. The van der Waals surface area contributed by atoms with E-state index in [1.54, 1.807) is 25.1 Å². The summed E-state index contributed by atoms with van der Waals surface area (Å²) in [6, 6.07) is 16.7. The predicted octanol–water partition coefficient (Wildman–Crippen LogP) is 3.07. The van der Waals surface area contributed by atoms with E-state index in [-0.39, 0.29) is 18.7 Å². The summed E-state index contributed by atoms with van der Waals surface area (Å²) >= 11 is 0. The lowest BCUT2D eigenvalue weighted by atomic mass is 9.87. The van der Waals surface area contributed by atoms with Crippen LogP contribution in [0.5, 0.6) is 0 Å². The van der Waals surface area contributed by atoms with Crippen molar-refractivity contribution in [2.24, 2.45) is 5.73 Å². The molecule has 0 saturated carbocycles. The van der Waals surface area contributed by atoms with E-state index in [0.29, 0.717) is 11.1 Å². The molecule has 0 aliphatic rings. The number of nitro groups is 1. The van der Waals surface area contributed by atoms with Gasteiger partial charge in [-0.05, 0) is 35.4 Å². The van der Waals surface area contributed by atoms with Crippen LogP contribution in [0.1, 0.15) is 35.2 Å². The second-order valence-electron chi connectivity index (χ2n) is 7.38. The van der Waals surface area contributed by atoms with Gasteiger partial charge in [-0.1, -0.05) is 42.5 Å². The van der Waals surface area contributed by atoms with E-state index >= 15 is 0 Å². The maximum Gasteiger partial charge on any atom is 0.306 e. The summed E-state index contributed by atoms with van der Waals surface area (Å²) in [6.07, 6.45) is -0.253. The first-order valence-corrected chi connectivity index (χ1v) is 10.3. The van der Waals surface area contributed by atoms with Gasteiger partial charge in [0.1, 0.15) is 6.04 Å². The predicted molar refractivity (Wildman–Crippen MR) is 121 cm³/mol. The van der Waals surface area contributed by atoms with Crippen LogP contribution in [0.2, 0.25) is 0 Å². The smallest absolute Gasteiger partial charge is 0.306 e. The van der Waals surface area contributed by atoms with E-state index in [9.17, 15) is 24.5 Å². The standard InChI is InChI=1S/C24H23N3O6/c1-2-33-21(28)14-20(16-9-11-19(12-10-16)27(31)32)22(23(25)29)26-24(30)18-8-7-15-5-3-4-6-17(15)13-18/h3-13,20,22H,2,14H2,1H3,(H2,25,29)(H,26,30)/t20-,22+/m0/s1. The first kappa shape index (κ1) is 23.4. The Morgan fingerprint density at radius 1 is 1.03 bits per heavy atom. The average molecular weight is 449 g/mol. The van der Waals surface area contributed by atoms with Crippen molar-refractivity contribution in [1.82, 2.24) is 5.32 Å². The van der Waals surface area contributed by atoms with Gasteiger partial charge in [0, 0.05) is 23.6 Å². The number of fused-ring (bicyclic) bond motifs is 1. The topological polar surface area (TPSA) is 142 Å². The highest BCUT2D eigenvalue weighted by Crippen LogP contribution is 2.27. The summed E-state index contributed by atoms with van der Waals surface area (Å²) in [5.74, 6) is -2.86. The van der Waals surface area contributed by atoms with Gasteiger partial charge in [0.05, 0.1) is 18.0 Å². The summed E-state index contributed by atoms with van der Waals surface area (Å²) in [7, 11) is 0. The fourth-order valence-corrected chi connectivity index (χ4v) is 3.60. The Morgan fingerprint density at radius 3 is 2.30 bits per heavy atom. The fraction of sp³-hybridized carbons (Fsp3) is 0.208. The Balaban J connectivity index is 1.92. The largest absolute Gasteiger partial charge is 0.466 e. The Hall–Kier alpha value is -4.27. The van der Waals surface area contributed by atoms with Gasteiger partial charge < -0.3 is 15.8 Å². The number of rotatable bonds is 9. The molecule has 0 fully saturated rings. The molecule has 9 nitrogen and oxygen atoms in total. The number of benzene rings is 3. The van der Waals surface area contributed by atoms with E-state index in [1.165, 1.54) is 24.3 Å². The van der Waals surface area contributed by atoms with Gasteiger partial charge in [-0.25, -0.2) is 0 Å². The highest BCUT2D eigenvalue weighted by atomic mass is 16.6. The van der Waals surface area contributed by atoms with Crippen molar-refractivity contribution in [3.8, 4) is 0 Å². The minimum absolute atomic E-state index is 0.135. The molecule has 170 valence electrons. The number of nitro benzene ring substituents is 1. The van der Waals surface area contributed by atoms with Gasteiger partial charge in [-0.2, -0.15) is 0 Å². The van der Waals surface area contributed by atoms with Crippen molar-refractivity contribution in [2.75, 3.05) is 6.61 Å². The minimum Gasteiger partial charge on any atom is -0.466 e. The Bertz CT molecular complexity index is 1190. The van der Waals surface area contributed by atoms with Gasteiger partial charge in [-0.15, -0.1) is 0 Å². The Morgan fingerprint density at radius 2 is 1.70 bits per heavy atom. The second kappa shape index (κ2) is 10.4. The summed E-state index contributed by atoms with van der Waals surface area (Å²) in [5.41, 5.74) is 6.20. The van der Waals surface area contributed by atoms with Crippen LogP contribution in [-0.2, 0) is 14.3 Å². The van der Waals surface area contributed by atoms with Crippen LogP contribution >= 0.6 is 0 Å². The second-order valence-corrected chi connectivity index (χ2v) is 7.38. The molecule has 0 aliphatic carbocycles. The lowest BCUT2D eigenvalue weighted by molar-refractivity contribution is -0.384. The maximum absolute atomic E-state index is 13.0. The zero-order valence-corrected chi connectivity index (χ0v) is 17.9. The van der Waals surface area contributed by atoms with Crippen LogP contribution < -0.4 is 11.1 Å². The molecule has 0 aromatic heterocycles. The van der Waals surface area contributed by atoms with E-state index in [0.717, 1.165) is 10.8 Å². The number of carbonyl (C=O) groups is 3. The highest BCUT2D eigenvalue weighted by Gasteiger charge is 2.32. The van der Waals surface area contributed by atoms with Gasteiger partial charge in [0.25, 0.3) is 11.6 Å². The number of nitrogens with two attached hydrogens (primary N) is 1. The number of esters is 1. The van der Waals surface area contributed by atoms with Crippen molar-refractivity contribution >= 4 is 34.2 Å². The van der Waals surface area contributed by atoms with Crippen LogP contribution in [0, 0.1) is 10.1 Å². The molecule has 2 amide bonds. The molecule has 0 aliphatic heterocycles. The molecular formula is C24H23N3O6. The molecule has 0 saturated heterocycles. The van der Waals surface area contributed by atoms with Gasteiger partial charge in [0.2, 0.25) is 5.91 Å². The maximum atomic E-state index is 13.0. The molecule has 0 radical (unpaired) electrons. The molecule has 2 atom stereocenters. The molecule has 0 heterocycles. The number of nitrogens with one attached hydrogen (secondary N) is 1. The Labute approximate surface area is 189 Å². The quantitative estimate of drug-likeness (QED) is 0.292. The molecule has 33 heavy (non-hydrogen) atoms. The van der Waals surface area contributed by atoms with E-state index in [2.05, 4.69) is 5.32 Å². The molecule has 3 N–H and O–H groups in total. The number of amides is 2. The first-order chi connectivity index (χ1) is 15.8. The first-order valence-electron chi connectivity index (χ1n) is 10.3. The number of carbonyl (C=O) groups excluding carboxylic acids is 3. The molecule has 0 unspecified atom stereocenters. The van der Waals surface area contributed by atoms with Crippen molar-refractivity contribution in [2.45, 2.75) is 25.3 Å². The minimum atomic E-state index is -1.25. The molecule has 0 spiro atoms. The third-order valence-corrected chi connectivity index (χ3v) is 5.23. The van der Waals surface area contributed by atoms with Gasteiger partial charge in [-0.3, -0.25) is 24.5 Å². The summed E-state index contributed by atoms with van der Waals surface area (Å²) in [6.45, 7) is 1.78. The normalized spacial score (nSPS) is 12.5. The number of hydrogen-bond acceptors (Lipinski definition) is 6. The van der Waals surface area contributed by atoms with E-state index in [1.807, 2.05) is 24.3 Å². The van der Waals surface area contributed by atoms with Crippen LogP contribution in [0.15, 0.2) is 66.7 Å². The zero-order chi connectivity index (χ0) is 24.0. The molecular weight excluding hydrogens is 426 g/mol. The number of primary amides is 1. The average Bonchev–Trinajstić information content (AvgIpc) is 2.81. The molecule has 3 aromatic carbocycles. The van der Waals surface area contributed by atoms with Gasteiger partial charge >= 0.3 is 5.97 Å². The zero-order valence-electron chi connectivity index (χ0n) is 17.9. The van der Waals surface area contributed by atoms with Crippen LogP contribution in [0.25, 0.3) is 10.8 Å². The number of non-ortho nitro benzene ring substituents is 1. The summed E-state index contributed by atoms with van der Waals surface area (Å²) in [5, 5.41) is 15.4. The molecule has 0 bridgehead atoms. The lowest BCUT2D eigenvalue weighted by Crippen LogP contribution is -2.48. The summed E-state index contributed by atoms with van der Waals surface area (Å²) in [4.78, 5) is 48.0. The summed E-state index contributed by atoms with van der Waals surface area (Å²) < 4.78 is 5.01. The lowest BCUT2D eigenvalue weighted by Gasteiger charge is -2.25. The van der Waals surface area contributed by atoms with E-state index < -0.39 is 34.7 Å². The Kier molecular flexibility index (Phi) is 7.34. The SMILES string of the molecule is CCOC(=O)C[C@@H](c1ccc([N+](=O)[O-])cc1)[C@@H](NC(=O)c1ccc2ccccc2c1)C(N)=O. The van der Waals surface area contributed by atoms with Crippen LogP contribution in [0.4, 0.5) is 5.69 Å². The van der Waals surface area contributed by atoms with E-state index in [4.69, 9.17) is 10.5 Å². The van der Waals surface area contributed by atoms with Crippen molar-refractivity contribution in [1.29, 1.82) is 0 Å². The van der Waals surface area contributed by atoms with Crippen molar-refractivity contribution < 1.29 is 24.0 Å². The fourth-order valence-electron chi connectivity index (χ4n) is 3.60. The number of nitrogens with zero attached hydrogens (tertiary/aromatic N) is 1. The molecule has 9 heteroatoms. The van der Waals surface area contributed by atoms with Crippen LogP contribution in [0.3, 0.4) is 0 Å². The molecule has 3 aromatic rings. The third-order valence-electron chi connectivity index (χ3n) is 5.23. The van der Waals surface area contributed by atoms with Crippen molar-refractivity contribution in [3.05, 3.63) is 88.0 Å². The highest BCUT2D eigenvalue weighted by molar-refractivity contribution is 6.00. The van der Waals surface area contributed by atoms with Crippen LogP contribution in [-0.4, -0.2) is 35.4 Å². The van der Waals surface area contributed by atoms with Gasteiger partial charge in [0.15, 0.2) is 0 Å². The van der Waals surface area contributed by atoms with Crippen molar-refractivity contribution in [3.63, 3.8) is 0 Å². The molecule has 3 rings (SSSR count).